The molecule has 1 saturated carbocycles. The number of nitrogens with zero attached hydrogens (tertiary/aromatic N) is 3. The van der Waals surface area contributed by atoms with Crippen LogP contribution in [-0.2, 0) is 36.0 Å². The van der Waals surface area contributed by atoms with Gasteiger partial charge in [0.25, 0.3) is 5.91 Å². The van der Waals surface area contributed by atoms with E-state index in [0.29, 0.717) is 62.5 Å². The molecule has 282 valence electrons. The number of carbonyl (C=O) groups is 2. The fourth-order valence-electron chi connectivity index (χ4n) is 8.58. The number of urea groups is 1. The normalized spacial score (nSPS) is 31.2. The van der Waals surface area contributed by atoms with Crippen LogP contribution in [0.5, 0.6) is 5.75 Å². The Morgan fingerprint density at radius 2 is 1.98 bits per heavy atom. The van der Waals surface area contributed by atoms with Crippen LogP contribution in [0.15, 0.2) is 52.9 Å². The first-order valence-corrected chi connectivity index (χ1v) is 20.6. The summed E-state index contributed by atoms with van der Waals surface area (Å²) in [5.41, 5.74) is 3.41. The summed E-state index contributed by atoms with van der Waals surface area (Å²) in [7, 11) is -0.127. The summed E-state index contributed by atoms with van der Waals surface area (Å²) in [6.45, 7) is 5.58. The minimum Gasteiger partial charge on any atom is -0.490 e. The Morgan fingerprint density at radius 1 is 1.13 bits per heavy atom. The largest absolute Gasteiger partial charge is 0.490 e. The first-order chi connectivity index (χ1) is 25.1. The van der Waals surface area contributed by atoms with Gasteiger partial charge in [0.05, 0.1) is 56.6 Å². The molecule has 0 aromatic heterocycles. The second kappa shape index (κ2) is 15.7. The second-order valence-corrected chi connectivity index (χ2v) is 17.7. The summed E-state index contributed by atoms with van der Waals surface area (Å²) in [5.74, 6) is 0.687. The smallest absolute Gasteiger partial charge is 0.330 e. The number of hydrogen-bond acceptors (Lipinski definition) is 8. The Balaban J connectivity index is 1.23. The van der Waals surface area contributed by atoms with Gasteiger partial charge in [-0.25, -0.2) is 9.00 Å². The van der Waals surface area contributed by atoms with Gasteiger partial charge in [-0.2, -0.15) is 0 Å². The first kappa shape index (κ1) is 37.2. The van der Waals surface area contributed by atoms with Crippen molar-refractivity contribution in [1.29, 1.82) is 0 Å². The van der Waals surface area contributed by atoms with Gasteiger partial charge in [0.1, 0.15) is 15.7 Å². The Hall–Kier alpha value is -3.16. The molecule has 2 aromatic rings. The highest BCUT2D eigenvalue weighted by Crippen LogP contribution is 2.47. The van der Waals surface area contributed by atoms with Gasteiger partial charge in [-0.05, 0) is 97.7 Å². The molecule has 1 unspecified atom stereocenters. The molecule has 1 N–H and O–H groups in total. The van der Waals surface area contributed by atoms with Crippen molar-refractivity contribution in [3.8, 4) is 5.75 Å². The topological polar surface area (TPSA) is 119 Å². The number of ether oxygens (including phenoxy) is 4. The molecule has 2 fully saturated rings. The summed E-state index contributed by atoms with van der Waals surface area (Å²) in [5, 5.41) is 0.740. The molecule has 2 aromatic carbocycles. The highest BCUT2D eigenvalue weighted by Gasteiger charge is 2.44. The van der Waals surface area contributed by atoms with Crippen molar-refractivity contribution in [2.75, 3.05) is 70.9 Å². The Bertz CT molecular complexity index is 1810. The van der Waals surface area contributed by atoms with Crippen LogP contribution in [0.4, 0.5) is 10.5 Å². The van der Waals surface area contributed by atoms with Gasteiger partial charge in [0.2, 0.25) is 0 Å². The van der Waals surface area contributed by atoms with E-state index in [1.165, 1.54) is 16.0 Å². The van der Waals surface area contributed by atoms with Gasteiger partial charge in [0, 0.05) is 43.3 Å². The van der Waals surface area contributed by atoms with Crippen LogP contribution in [0.1, 0.15) is 60.5 Å². The highest BCUT2D eigenvalue weighted by molar-refractivity contribution is 7.92. The van der Waals surface area contributed by atoms with E-state index in [2.05, 4.69) is 38.3 Å². The molecule has 13 heteroatoms. The number of carbonyl (C=O) groups excluding carboxylic acids is 2. The number of methoxy groups -OCH3 is 2. The number of anilines is 1. The molecule has 3 aliphatic heterocycles. The van der Waals surface area contributed by atoms with Crippen LogP contribution in [0.2, 0.25) is 5.02 Å². The van der Waals surface area contributed by atoms with E-state index in [-0.39, 0.29) is 29.3 Å². The number of allylic oxidation sites excluding steroid dienone is 1. The van der Waals surface area contributed by atoms with E-state index >= 15 is 0 Å². The maximum atomic E-state index is 14.5. The Morgan fingerprint density at radius 3 is 2.75 bits per heavy atom. The van der Waals surface area contributed by atoms with E-state index in [0.717, 1.165) is 55.9 Å². The van der Waals surface area contributed by atoms with Crippen LogP contribution in [0, 0.1) is 17.8 Å². The summed E-state index contributed by atoms with van der Waals surface area (Å²) >= 11 is 6.46. The van der Waals surface area contributed by atoms with E-state index in [1.54, 1.807) is 20.3 Å². The Kier molecular flexibility index (Phi) is 11.2. The lowest BCUT2D eigenvalue weighted by Gasteiger charge is -2.46. The van der Waals surface area contributed by atoms with E-state index < -0.39 is 21.9 Å². The van der Waals surface area contributed by atoms with Crippen molar-refractivity contribution >= 4 is 39.1 Å². The monoisotopic (exact) mass is 754 g/mol. The van der Waals surface area contributed by atoms with Crippen molar-refractivity contribution in [1.82, 2.24) is 9.62 Å². The standard InChI is InChI=1S/C39H51ClN4O7S/c1-26-6-4-8-35(49-3)32-12-9-29(32)20-44-24-39(15-5-7-27-18-30(40)11-13-33(27)39)25-51-36-14-10-28(19-34(36)44)37(45)41-52(47,23-26)42-38(46)43-21-31(22-43)50-17-16-48-2/h4,8,10-11,13-14,18-19,26,29,31-32,35H,5-7,9,12,15-17,20-25H2,1-3H3,(H,41,42,45,46,47)/b8-4+/t26-,29-,32+,35-,39-,52?/m0/s1. The summed E-state index contributed by atoms with van der Waals surface area (Å²) in [4.78, 5) is 31.2. The number of amides is 3. The number of rotatable bonds is 6. The predicted octanol–water partition coefficient (Wildman–Crippen LogP) is 6.03. The number of aryl methyl sites for hydroxylation is 1. The van der Waals surface area contributed by atoms with Gasteiger partial charge >= 0.3 is 6.03 Å². The van der Waals surface area contributed by atoms with Crippen molar-refractivity contribution in [3.63, 3.8) is 0 Å². The minimum atomic E-state index is -3.50. The molecular formula is C39H51ClN4O7S. The third-order valence-corrected chi connectivity index (χ3v) is 13.7. The van der Waals surface area contributed by atoms with Crippen molar-refractivity contribution in [3.05, 3.63) is 70.3 Å². The van der Waals surface area contributed by atoms with Crippen molar-refractivity contribution in [2.45, 2.75) is 63.1 Å². The lowest BCUT2D eigenvalue weighted by Crippen LogP contribution is -2.58. The van der Waals surface area contributed by atoms with Gasteiger partial charge in [-0.3, -0.25) is 9.52 Å². The minimum absolute atomic E-state index is 0.0201. The molecule has 3 heterocycles. The molecule has 0 radical (unpaired) electrons. The van der Waals surface area contributed by atoms with Gasteiger partial charge in [-0.15, -0.1) is 4.36 Å². The summed E-state index contributed by atoms with van der Waals surface area (Å²) < 4.78 is 44.9. The van der Waals surface area contributed by atoms with Crippen LogP contribution in [0.3, 0.4) is 0 Å². The van der Waals surface area contributed by atoms with Crippen molar-refractivity contribution in [2.24, 2.45) is 22.1 Å². The van der Waals surface area contributed by atoms with Crippen LogP contribution >= 0.6 is 11.6 Å². The maximum Gasteiger partial charge on any atom is 0.330 e. The zero-order valence-electron chi connectivity index (χ0n) is 30.4. The fraction of sp³-hybridized carbons (Fsp3) is 0.590. The molecule has 11 nitrogen and oxygen atoms in total. The SMILES string of the molecule is COCCOC1CN(C(=O)NS2(=O)=NC(=O)c3ccc4c(c3)N(C[C@@H]3CC[C@H]3[C@@H](OC)/C=C/C[C@H](C)C2)C[C@@]2(CCCc3cc(Cl)ccc32)CO4)C1. The molecule has 5 aliphatic rings. The third kappa shape index (κ3) is 7.87. The van der Waals surface area contributed by atoms with Gasteiger partial charge in [-0.1, -0.05) is 36.7 Å². The Labute approximate surface area is 312 Å². The van der Waals surface area contributed by atoms with Crippen LogP contribution in [0.25, 0.3) is 0 Å². The van der Waals surface area contributed by atoms with Gasteiger partial charge < -0.3 is 28.7 Å². The zero-order valence-corrected chi connectivity index (χ0v) is 32.0. The number of hydrogen-bond donors (Lipinski definition) is 1. The number of halogens is 1. The number of likely N-dealkylation sites (tertiary alicyclic amines) is 1. The number of nitrogens with one attached hydrogen (secondary N) is 1. The third-order valence-electron chi connectivity index (χ3n) is 11.5. The number of benzene rings is 2. The molecule has 2 bridgehead atoms. The molecule has 2 aliphatic carbocycles. The van der Waals surface area contributed by atoms with Crippen LogP contribution in [-0.4, -0.2) is 99.2 Å². The summed E-state index contributed by atoms with van der Waals surface area (Å²) in [6.07, 6.45) is 9.78. The maximum absolute atomic E-state index is 14.5. The molecule has 1 saturated heterocycles. The predicted molar refractivity (Wildman–Crippen MR) is 202 cm³/mol. The summed E-state index contributed by atoms with van der Waals surface area (Å²) in [6, 6.07) is 11.1. The van der Waals surface area contributed by atoms with E-state index in [1.807, 2.05) is 25.1 Å². The molecule has 7 rings (SSSR count). The van der Waals surface area contributed by atoms with Crippen molar-refractivity contribution < 1.29 is 32.7 Å². The average molecular weight is 755 g/mol. The van der Waals surface area contributed by atoms with Crippen LogP contribution < -0.4 is 14.4 Å². The van der Waals surface area contributed by atoms with E-state index in [4.69, 9.17) is 30.5 Å². The lowest BCUT2D eigenvalue weighted by atomic mass is 9.68. The quantitative estimate of drug-likeness (QED) is 0.281. The molecule has 3 amide bonds. The lowest BCUT2D eigenvalue weighted by molar-refractivity contribution is -0.0497. The first-order valence-electron chi connectivity index (χ1n) is 18.6. The average Bonchev–Trinajstić information content (AvgIpc) is 3.23. The van der Waals surface area contributed by atoms with Gasteiger partial charge in [0.15, 0.2) is 0 Å². The molecular weight excluding hydrogens is 704 g/mol. The molecule has 52 heavy (non-hydrogen) atoms. The fourth-order valence-corrected chi connectivity index (χ4v) is 10.7. The van der Waals surface area contributed by atoms with E-state index in [9.17, 15) is 13.8 Å². The molecule has 1 spiro atoms. The number of fused-ring (bicyclic) bond motifs is 4. The second-order valence-electron chi connectivity index (χ2n) is 15.3. The zero-order chi connectivity index (χ0) is 36.5. The highest BCUT2D eigenvalue weighted by atomic mass is 35.5. The molecule has 6 atom stereocenters.